The van der Waals surface area contributed by atoms with Gasteiger partial charge < -0.3 is 19.9 Å². The summed E-state index contributed by atoms with van der Waals surface area (Å²) in [5.74, 6) is 1.46. The first-order valence-electron chi connectivity index (χ1n) is 9.20. The molecule has 3 atom stereocenters. The van der Waals surface area contributed by atoms with Crippen LogP contribution in [0.3, 0.4) is 0 Å². The third kappa shape index (κ3) is 3.53. The number of nitrogens with zero attached hydrogens (tertiary/aromatic N) is 3. The van der Waals surface area contributed by atoms with E-state index in [-0.39, 0.29) is 11.3 Å². The van der Waals surface area contributed by atoms with Crippen LogP contribution in [-0.2, 0) is 9.53 Å². The molecule has 0 bridgehead atoms. The third-order valence-corrected chi connectivity index (χ3v) is 5.68. The Balaban J connectivity index is 1.98. The molecule has 1 amide bonds. The molecule has 0 aromatic heterocycles. The predicted octanol–water partition coefficient (Wildman–Crippen LogP) is 1.57. The molecule has 2 aliphatic rings. The Kier molecular flexibility index (Phi) is 6.12. The van der Waals surface area contributed by atoms with Crippen molar-refractivity contribution < 1.29 is 9.53 Å². The van der Waals surface area contributed by atoms with Crippen molar-refractivity contribution in [2.45, 2.75) is 52.7 Å². The lowest BCUT2D eigenvalue weighted by Crippen LogP contribution is -2.71. The zero-order chi connectivity index (χ0) is 17.9. The highest BCUT2D eigenvalue weighted by atomic mass is 16.5. The number of amides is 1. The van der Waals surface area contributed by atoms with Crippen LogP contribution in [0.1, 0.15) is 40.5 Å². The predicted molar refractivity (Wildman–Crippen MR) is 97.1 cm³/mol. The summed E-state index contributed by atoms with van der Waals surface area (Å²) in [5.41, 5.74) is 0.0880. The highest BCUT2D eigenvalue weighted by Crippen LogP contribution is 2.51. The van der Waals surface area contributed by atoms with E-state index in [1.54, 1.807) is 7.05 Å². The van der Waals surface area contributed by atoms with Crippen LogP contribution >= 0.6 is 0 Å². The molecule has 138 valence electrons. The topological polar surface area (TPSA) is 57.2 Å². The lowest BCUT2D eigenvalue weighted by Gasteiger charge is -2.60. The Morgan fingerprint density at radius 1 is 1.33 bits per heavy atom. The largest absolute Gasteiger partial charge is 0.377 e. The van der Waals surface area contributed by atoms with Gasteiger partial charge in [0, 0.05) is 51.2 Å². The lowest BCUT2D eigenvalue weighted by molar-refractivity contribution is -0.188. The zero-order valence-electron chi connectivity index (χ0n) is 16.1. The zero-order valence-corrected chi connectivity index (χ0v) is 16.1. The number of carbonyl (C=O) groups is 1. The molecule has 1 N–H and O–H groups in total. The van der Waals surface area contributed by atoms with Crippen LogP contribution in [-0.4, -0.2) is 74.1 Å². The van der Waals surface area contributed by atoms with Gasteiger partial charge in [-0.25, -0.2) is 0 Å². The van der Waals surface area contributed by atoms with Gasteiger partial charge in [-0.2, -0.15) is 0 Å². The second kappa shape index (κ2) is 7.72. The summed E-state index contributed by atoms with van der Waals surface area (Å²) in [5, 5.41) is 3.60. The molecule has 1 heterocycles. The van der Waals surface area contributed by atoms with Crippen molar-refractivity contribution in [1.29, 1.82) is 0 Å². The molecule has 0 aromatic rings. The Morgan fingerprint density at radius 2 is 2.00 bits per heavy atom. The van der Waals surface area contributed by atoms with Gasteiger partial charge in [-0.15, -0.1) is 0 Å². The van der Waals surface area contributed by atoms with E-state index in [1.165, 1.54) is 6.42 Å². The number of aliphatic imine (C=N–C) groups is 1. The molecular formula is C18H34N4O2. The minimum Gasteiger partial charge on any atom is -0.377 e. The Morgan fingerprint density at radius 3 is 2.58 bits per heavy atom. The first-order valence-corrected chi connectivity index (χ1v) is 9.20. The van der Waals surface area contributed by atoms with Crippen LogP contribution in [0.4, 0.5) is 0 Å². The fourth-order valence-corrected chi connectivity index (χ4v) is 4.25. The molecule has 0 spiro atoms. The van der Waals surface area contributed by atoms with Crippen molar-refractivity contribution in [3.8, 4) is 0 Å². The standard InChI is InChI=1S/C18H34N4O2/c1-7-22(8-2)14(23)12-21(6)17(19-5)20-15-13-10-9-11-24-16(13)18(15,3)4/h13,15-16H,7-12H2,1-6H3,(H,19,20). The molecule has 0 radical (unpaired) electrons. The van der Waals surface area contributed by atoms with Crippen molar-refractivity contribution in [3.63, 3.8) is 0 Å². The summed E-state index contributed by atoms with van der Waals surface area (Å²) in [6.45, 7) is 11.2. The molecule has 2 rings (SSSR count). The minimum atomic E-state index is 0.0880. The monoisotopic (exact) mass is 338 g/mol. The van der Waals surface area contributed by atoms with E-state index in [2.05, 4.69) is 24.2 Å². The van der Waals surface area contributed by atoms with Crippen molar-refractivity contribution in [3.05, 3.63) is 0 Å². The molecule has 2 fully saturated rings. The van der Waals surface area contributed by atoms with E-state index in [1.807, 2.05) is 30.7 Å². The summed E-state index contributed by atoms with van der Waals surface area (Å²) in [7, 11) is 3.71. The summed E-state index contributed by atoms with van der Waals surface area (Å²) >= 11 is 0. The molecule has 1 saturated carbocycles. The van der Waals surface area contributed by atoms with Gasteiger partial charge in [-0.05, 0) is 26.7 Å². The Hall–Kier alpha value is -1.30. The van der Waals surface area contributed by atoms with Gasteiger partial charge in [0.2, 0.25) is 5.91 Å². The van der Waals surface area contributed by atoms with Gasteiger partial charge in [0.1, 0.15) is 0 Å². The van der Waals surface area contributed by atoms with E-state index in [9.17, 15) is 4.79 Å². The van der Waals surface area contributed by atoms with Crippen molar-refractivity contribution in [2.24, 2.45) is 16.3 Å². The van der Waals surface area contributed by atoms with Crippen molar-refractivity contribution >= 4 is 11.9 Å². The van der Waals surface area contributed by atoms with Crippen LogP contribution in [0.15, 0.2) is 4.99 Å². The minimum absolute atomic E-state index is 0.0880. The van der Waals surface area contributed by atoms with Gasteiger partial charge in [-0.3, -0.25) is 9.79 Å². The number of fused-ring (bicyclic) bond motifs is 1. The van der Waals surface area contributed by atoms with Crippen LogP contribution in [0.5, 0.6) is 0 Å². The molecule has 1 aliphatic carbocycles. The normalized spacial score (nSPS) is 28.6. The van der Waals surface area contributed by atoms with Gasteiger partial charge in [0.15, 0.2) is 5.96 Å². The first-order chi connectivity index (χ1) is 11.4. The van der Waals surface area contributed by atoms with Crippen molar-refractivity contribution in [1.82, 2.24) is 15.1 Å². The maximum Gasteiger partial charge on any atom is 0.242 e. The fraction of sp³-hybridized carbons (Fsp3) is 0.889. The molecule has 1 saturated heterocycles. The van der Waals surface area contributed by atoms with Crippen molar-refractivity contribution in [2.75, 3.05) is 40.3 Å². The smallest absolute Gasteiger partial charge is 0.242 e. The van der Waals surface area contributed by atoms with E-state index in [0.29, 0.717) is 24.6 Å². The number of carbonyl (C=O) groups excluding carboxylic acids is 1. The summed E-state index contributed by atoms with van der Waals surface area (Å²) < 4.78 is 5.97. The van der Waals surface area contributed by atoms with E-state index >= 15 is 0 Å². The van der Waals surface area contributed by atoms with Gasteiger partial charge in [0.05, 0.1) is 12.6 Å². The summed E-state index contributed by atoms with van der Waals surface area (Å²) in [6, 6.07) is 0.340. The van der Waals surface area contributed by atoms with E-state index in [0.717, 1.165) is 32.1 Å². The molecule has 0 aromatic carbocycles. The molecule has 3 unspecified atom stereocenters. The fourth-order valence-electron chi connectivity index (χ4n) is 4.25. The first kappa shape index (κ1) is 19.0. The summed E-state index contributed by atoms with van der Waals surface area (Å²) in [6.07, 6.45) is 2.67. The second-order valence-electron chi connectivity index (χ2n) is 7.51. The number of likely N-dealkylation sites (N-methyl/N-ethyl adjacent to an activating group) is 2. The van der Waals surface area contributed by atoms with Gasteiger partial charge >= 0.3 is 0 Å². The maximum absolute atomic E-state index is 12.3. The lowest BCUT2D eigenvalue weighted by atomic mass is 9.55. The Labute approximate surface area is 146 Å². The average Bonchev–Trinajstić information content (AvgIpc) is 2.56. The number of hydrogen-bond donors (Lipinski definition) is 1. The van der Waals surface area contributed by atoms with Crippen LogP contribution < -0.4 is 5.32 Å². The molecule has 6 nitrogen and oxygen atoms in total. The maximum atomic E-state index is 12.3. The summed E-state index contributed by atoms with van der Waals surface area (Å²) in [4.78, 5) is 20.5. The second-order valence-corrected chi connectivity index (χ2v) is 7.51. The number of nitrogens with one attached hydrogen (secondary N) is 1. The molecule has 1 aliphatic heterocycles. The average molecular weight is 338 g/mol. The quantitative estimate of drug-likeness (QED) is 0.611. The van der Waals surface area contributed by atoms with E-state index in [4.69, 9.17) is 4.74 Å². The SMILES string of the molecule is CCN(CC)C(=O)CN(C)C(=NC)NC1C2CCCOC2C1(C)C. The number of rotatable bonds is 5. The van der Waals surface area contributed by atoms with Gasteiger partial charge in [-0.1, -0.05) is 13.8 Å². The van der Waals surface area contributed by atoms with Crippen LogP contribution in [0.25, 0.3) is 0 Å². The molecular weight excluding hydrogens is 304 g/mol. The van der Waals surface area contributed by atoms with Gasteiger partial charge in [0.25, 0.3) is 0 Å². The van der Waals surface area contributed by atoms with Crippen LogP contribution in [0, 0.1) is 11.3 Å². The Bertz CT molecular complexity index is 474. The highest BCUT2D eigenvalue weighted by molar-refractivity contribution is 5.86. The number of hydrogen-bond acceptors (Lipinski definition) is 3. The third-order valence-electron chi connectivity index (χ3n) is 5.68. The van der Waals surface area contributed by atoms with E-state index < -0.39 is 0 Å². The number of guanidine groups is 1. The number of ether oxygens (including phenoxy) is 1. The highest BCUT2D eigenvalue weighted by Gasteiger charge is 2.58. The van der Waals surface area contributed by atoms with Crippen LogP contribution in [0.2, 0.25) is 0 Å². The molecule has 6 heteroatoms. The molecule has 24 heavy (non-hydrogen) atoms.